The second-order valence-electron chi connectivity index (χ2n) is 6.65. The molecule has 0 atom stereocenters. The fourth-order valence-electron chi connectivity index (χ4n) is 2.82. The topological polar surface area (TPSA) is 88.9 Å². The third kappa shape index (κ3) is 5.65. The van der Waals surface area contributed by atoms with Gasteiger partial charge < -0.3 is 5.32 Å². The van der Waals surface area contributed by atoms with Crippen LogP contribution >= 0.6 is 27.3 Å². The Balaban J connectivity index is 1.32. The molecule has 2 aromatic heterocycles. The van der Waals surface area contributed by atoms with E-state index in [0.29, 0.717) is 11.4 Å². The maximum Gasteiger partial charge on any atom is 0.268 e. The molecule has 0 saturated carbocycles. The van der Waals surface area contributed by atoms with E-state index in [1.165, 1.54) is 22.3 Å². The second kappa shape index (κ2) is 9.67. The van der Waals surface area contributed by atoms with Crippen molar-refractivity contribution >= 4 is 45.0 Å². The van der Waals surface area contributed by atoms with E-state index >= 15 is 0 Å². The lowest BCUT2D eigenvalue weighted by Crippen LogP contribution is -2.27. The molecule has 0 unspecified atom stereocenters. The van der Waals surface area contributed by atoms with Crippen molar-refractivity contribution in [3.8, 4) is 10.4 Å². The van der Waals surface area contributed by atoms with Gasteiger partial charge in [0, 0.05) is 15.9 Å². The number of thiophene rings is 1. The summed E-state index contributed by atoms with van der Waals surface area (Å²) in [7, 11) is 0. The number of rotatable bonds is 7. The third-order valence-electron chi connectivity index (χ3n) is 4.36. The van der Waals surface area contributed by atoms with Gasteiger partial charge in [0.1, 0.15) is 12.9 Å². The van der Waals surface area contributed by atoms with E-state index in [0.717, 1.165) is 20.5 Å². The summed E-state index contributed by atoms with van der Waals surface area (Å²) in [5, 5.41) is 9.66. The van der Waals surface area contributed by atoms with E-state index in [-0.39, 0.29) is 24.3 Å². The maximum atomic E-state index is 12.5. The summed E-state index contributed by atoms with van der Waals surface area (Å²) >= 11 is 4.81. The number of halogens is 1. The first-order chi connectivity index (χ1) is 15.1. The van der Waals surface area contributed by atoms with Crippen LogP contribution in [0.25, 0.3) is 10.4 Å². The summed E-state index contributed by atoms with van der Waals surface area (Å²) in [6, 6.07) is 21.2. The van der Waals surface area contributed by atoms with Gasteiger partial charge in [0.05, 0.1) is 4.88 Å². The van der Waals surface area contributed by atoms with Crippen LogP contribution in [0.1, 0.15) is 15.2 Å². The van der Waals surface area contributed by atoms with E-state index in [2.05, 4.69) is 36.6 Å². The predicted octanol–water partition coefficient (Wildman–Crippen LogP) is 4.34. The highest BCUT2D eigenvalue weighted by molar-refractivity contribution is 9.10. The number of hydrogen-bond acceptors (Lipinski definition) is 5. The molecule has 156 valence electrons. The second-order valence-corrected chi connectivity index (χ2v) is 8.65. The van der Waals surface area contributed by atoms with E-state index in [1.54, 1.807) is 6.07 Å². The summed E-state index contributed by atoms with van der Waals surface area (Å²) in [4.78, 5) is 30.2. The molecule has 2 amide bonds. The fraction of sp³-hybridized carbons (Fsp3) is 0.0909. The van der Waals surface area contributed by atoms with Gasteiger partial charge in [0.25, 0.3) is 5.91 Å². The summed E-state index contributed by atoms with van der Waals surface area (Å²) in [6.07, 6.45) is 1.42. The standard InChI is InChI=1S/C22H18BrN5O2S/c23-17-8-6-16(7-9-17)18-10-11-19(31-18)21(30)26-22-25-14-28(27-22)13-20(29)24-12-15-4-2-1-3-5-15/h1-11,14H,12-13H2,(H,24,29)(H,26,27,30). The molecule has 2 heterocycles. The quantitative estimate of drug-likeness (QED) is 0.399. The number of nitrogens with one attached hydrogen (secondary N) is 2. The van der Waals surface area contributed by atoms with Crippen LogP contribution in [0.4, 0.5) is 5.95 Å². The summed E-state index contributed by atoms with van der Waals surface area (Å²) in [6.45, 7) is 0.458. The lowest BCUT2D eigenvalue weighted by molar-refractivity contribution is -0.122. The van der Waals surface area contributed by atoms with Gasteiger partial charge in [-0.3, -0.25) is 14.9 Å². The van der Waals surface area contributed by atoms with Crippen LogP contribution < -0.4 is 10.6 Å². The van der Waals surface area contributed by atoms with Gasteiger partial charge in [-0.15, -0.1) is 16.4 Å². The van der Waals surface area contributed by atoms with Crippen LogP contribution in [0.2, 0.25) is 0 Å². The Morgan fingerprint density at radius 2 is 1.77 bits per heavy atom. The van der Waals surface area contributed by atoms with Gasteiger partial charge in [0.2, 0.25) is 11.9 Å². The number of anilines is 1. The number of carbonyl (C=O) groups is 2. The zero-order valence-corrected chi connectivity index (χ0v) is 18.7. The molecule has 0 saturated heterocycles. The Bertz CT molecular complexity index is 1190. The van der Waals surface area contributed by atoms with Gasteiger partial charge in [-0.2, -0.15) is 0 Å². The van der Waals surface area contributed by atoms with Crippen molar-refractivity contribution < 1.29 is 9.59 Å². The SMILES string of the molecule is O=C(Cn1cnc(NC(=O)c2ccc(-c3ccc(Br)cc3)s2)n1)NCc1ccccc1. The van der Waals surface area contributed by atoms with E-state index < -0.39 is 0 Å². The maximum absolute atomic E-state index is 12.5. The molecule has 2 N–H and O–H groups in total. The fourth-order valence-corrected chi connectivity index (χ4v) is 3.99. The van der Waals surface area contributed by atoms with E-state index in [4.69, 9.17) is 0 Å². The van der Waals surface area contributed by atoms with Gasteiger partial charge in [-0.05, 0) is 35.4 Å². The normalized spacial score (nSPS) is 10.6. The molecule has 2 aromatic carbocycles. The number of benzene rings is 2. The highest BCUT2D eigenvalue weighted by Gasteiger charge is 2.13. The van der Waals surface area contributed by atoms with Crippen LogP contribution in [0.3, 0.4) is 0 Å². The molecule has 0 bridgehead atoms. The van der Waals surface area contributed by atoms with E-state index in [1.807, 2.05) is 60.7 Å². The Morgan fingerprint density at radius 1 is 1.00 bits per heavy atom. The van der Waals surface area contributed by atoms with Crippen LogP contribution in [0.15, 0.2) is 77.5 Å². The molecule has 31 heavy (non-hydrogen) atoms. The molecule has 0 radical (unpaired) electrons. The molecule has 7 nitrogen and oxygen atoms in total. The highest BCUT2D eigenvalue weighted by atomic mass is 79.9. The molecule has 4 aromatic rings. The minimum absolute atomic E-state index is 0.0163. The summed E-state index contributed by atoms with van der Waals surface area (Å²) < 4.78 is 2.39. The average molecular weight is 496 g/mol. The van der Waals surface area contributed by atoms with Gasteiger partial charge in [0.15, 0.2) is 0 Å². The summed E-state index contributed by atoms with van der Waals surface area (Å²) in [5.41, 5.74) is 2.05. The molecule has 0 aliphatic heterocycles. The first-order valence-corrected chi connectivity index (χ1v) is 11.0. The van der Waals surface area contributed by atoms with Gasteiger partial charge >= 0.3 is 0 Å². The lowest BCUT2D eigenvalue weighted by atomic mass is 10.2. The van der Waals surface area contributed by atoms with Crippen molar-refractivity contribution in [1.82, 2.24) is 20.1 Å². The molecular weight excluding hydrogens is 478 g/mol. The van der Waals surface area contributed by atoms with Crippen LogP contribution in [-0.4, -0.2) is 26.6 Å². The minimum atomic E-state index is -0.292. The monoisotopic (exact) mass is 495 g/mol. The van der Waals surface area contributed by atoms with Crippen molar-refractivity contribution in [3.63, 3.8) is 0 Å². The van der Waals surface area contributed by atoms with Gasteiger partial charge in [-0.1, -0.05) is 58.4 Å². The Labute approximate surface area is 191 Å². The van der Waals surface area contributed by atoms with Crippen LogP contribution in [0.5, 0.6) is 0 Å². The molecule has 9 heteroatoms. The molecule has 4 rings (SSSR count). The Kier molecular flexibility index (Phi) is 6.54. The predicted molar refractivity (Wildman–Crippen MR) is 124 cm³/mol. The number of aromatic nitrogens is 3. The number of hydrogen-bond donors (Lipinski definition) is 2. The highest BCUT2D eigenvalue weighted by Crippen LogP contribution is 2.29. The van der Waals surface area contributed by atoms with Crippen LogP contribution in [0, 0.1) is 0 Å². The average Bonchev–Trinajstić information content (AvgIpc) is 3.44. The van der Waals surface area contributed by atoms with Crippen molar-refractivity contribution in [2.45, 2.75) is 13.1 Å². The minimum Gasteiger partial charge on any atom is -0.350 e. The molecule has 0 spiro atoms. The molecule has 0 aliphatic carbocycles. The zero-order chi connectivity index (χ0) is 21.6. The van der Waals surface area contributed by atoms with Crippen LogP contribution in [-0.2, 0) is 17.9 Å². The number of amides is 2. The smallest absolute Gasteiger partial charge is 0.268 e. The first-order valence-electron chi connectivity index (χ1n) is 9.44. The first kappa shape index (κ1) is 21.0. The Hall–Kier alpha value is -3.30. The number of nitrogens with zero attached hydrogens (tertiary/aromatic N) is 3. The van der Waals surface area contributed by atoms with E-state index in [9.17, 15) is 9.59 Å². The molecule has 0 aliphatic rings. The molecule has 0 fully saturated rings. The number of carbonyl (C=O) groups excluding carboxylic acids is 2. The molecular formula is C22H18BrN5O2S. The van der Waals surface area contributed by atoms with Gasteiger partial charge in [-0.25, -0.2) is 9.67 Å². The zero-order valence-electron chi connectivity index (χ0n) is 16.3. The van der Waals surface area contributed by atoms with Crippen molar-refractivity contribution in [2.24, 2.45) is 0 Å². The van der Waals surface area contributed by atoms with Crippen molar-refractivity contribution in [2.75, 3.05) is 5.32 Å². The third-order valence-corrected chi connectivity index (χ3v) is 6.02. The Morgan fingerprint density at radius 3 is 2.55 bits per heavy atom. The van der Waals surface area contributed by atoms with Crippen molar-refractivity contribution in [3.05, 3.63) is 88.0 Å². The van der Waals surface area contributed by atoms with Crippen molar-refractivity contribution in [1.29, 1.82) is 0 Å². The lowest BCUT2D eigenvalue weighted by Gasteiger charge is -2.05. The summed E-state index contributed by atoms with van der Waals surface area (Å²) in [5.74, 6) is -0.330. The largest absolute Gasteiger partial charge is 0.350 e.